The van der Waals surface area contributed by atoms with Crippen molar-refractivity contribution < 1.29 is 0 Å². The first kappa shape index (κ1) is 14.8. The first-order chi connectivity index (χ1) is 10.7. The molecule has 0 unspecified atom stereocenters. The van der Waals surface area contributed by atoms with E-state index in [-0.39, 0.29) is 0 Å². The highest BCUT2D eigenvalue weighted by atomic mass is 15.2. The molecule has 22 heavy (non-hydrogen) atoms. The fourth-order valence-corrected chi connectivity index (χ4v) is 2.36. The molecule has 0 aliphatic heterocycles. The molecule has 1 heterocycles. The molecule has 1 aliphatic rings. The van der Waals surface area contributed by atoms with Crippen LogP contribution in [0.25, 0.3) is 0 Å². The number of nitrogens with zero attached hydrogens (tertiary/aromatic N) is 2. The Morgan fingerprint density at radius 2 is 2.00 bits per heavy atom. The number of anilines is 3. The first-order valence-corrected chi connectivity index (χ1v) is 8.14. The predicted molar refractivity (Wildman–Crippen MR) is 91.8 cm³/mol. The van der Waals surface area contributed by atoms with Gasteiger partial charge >= 0.3 is 0 Å². The third-order valence-electron chi connectivity index (χ3n) is 4.14. The van der Waals surface area contributed by atoms with E-state index >= 15 is 0 Å². The average molecular weight is 296 g/mol. The van der Waals surface area contributed by atoms with Gasteiger partial charge in [-0.2, -0.15) is 4.98 Å². The predicted octanol–water partition coefficient (Wildman–Crippen LogP) is 4.62. The van der Waals surface area contributed by atoms with Crippen molar-refractivity contribution in [2.24, 2.45) is 0 Å². The molecule has 0 bridgehead atoms. The van der Waals surface area contributed by atoms with Gasteiger partial charge in [0.2, 0.25) is 5.95 Å². The molecule has 4 nitrogen and oxygen atoms in total. The Morgan fingerprint density at radius 3 is 2.68 bits per heavy atom. The molecule has 0 amide bonds. The van der Waals surface area contributed by atoms with Gasteiger partial charge in [0.15, 0.2) is 0 Å². The topological polar surface area (TPSA) is 49.8 Å². The summed E-state index contributed by atoms with van der Waals surface area (Å²) in [5.74, 6) is 2.21. The Balaban J connectivity index is 1.87. The molecule has 0 spiro atoms. The highest BCUT2D eigenvalue weighted by Crippen LogP contribution is 2.40. The van der Waals surface area contributed by atoms with Crippen LogP contribution >= 0.6 is 0 Å². The maximum absolute atomic E-state index is 4.69. The van der Waals surface area contributed by atoms with Crippen molar-refractivity contribution in [2.45, 2.75) is 52.0 Å². The highest BCUT2D eigenvalue weighted by Gasteiger charge is 2.26. The van der Waals surface area contributed by atoms with Crippen molar-refractivity contribution in [2.75, 3.05) is 10.6 Å². The van der Waals surface area contributed by atoms with Crippen LogP contribution in [0, 0.1) is 6.92 Å². The van der Waals surface area contributed by atoms with Crippen LogP contribution in [0.3, 0.4) is 0 Å². The molecule has 1 saturated carbocycles. The molecular weight excluding hydrogens is 272 g/mol. The summed E-state index contributed by atoms with van der Waals surface area (Å²) >= 11 is 0. The lowest BCUT2D eigenvalue weighted by atomic mass is 10.2. The molecule has 3 rings (SSSR count). The number of hydrogen-bond acceptors (Lipinski definition) is 4. The van der Waals surface area contributed by atoms with Gasteiger partial charge in [-0.3, -0.25) is 0 Å². The number of hydrogen-bond donors (Lipinski definition) is 2. The van der Waals surface area contributed by atoms with E-state index in [2.05, 4.69) is 59.6 Å². The molecular formula is C18H24N4. The number of aromatic nitrogens is 2. The Labute approximate surface area is 132 Å². The molecule has 2 N–H and O–H groups in total. The van der Waals surface area contributed by atoms with E-state index in [0.717, 1.165) is 29.6 Å². The maximum Gasteiger partial charge on any atom is 0.225 e. The van der Waals surface area contributed by atoms with Gasteiger partial charge in [0.1, 0.15) is 5.82 Å². The van der Waals surface area contributed by atoms with Crippen molar-refractivity contribution in [3.63, 3.8) is 0 Å². The second-order valence-corrected chi connectivity index (χ2v) is 6.17. The summed E-state index contributed by atoms with van der Waals surface area (Å²) in [5, 5.41) is 6.83. The third kappa shape index (κ3) is 3.56. The Kier molecular flexibility index (Phi) is 4.27. The minimum Gasteiger partial charge on any atom is -0.352 e. The van der Waals surface area contributed by atoms with Gasteiger partial charge < -0.3 is 10.6 Å². The zero-order valence-electron chi connectivity index (χ0n) is 13.6. The van der Waals surface area contributed by atoms with Crippen LogP contribution in [0.1, 0.15) is 50.3 Å². The summed E-state index contributed by atoms with van der Waals surface area (Å²) in [5.41, 5.74) is 3.46. The molecule has 0 radical (unpaired) electrons. The van der Waals surface area contributed by atoms with Gasteiger partial charge in [-0.05, 0) is 44.7 Å². The van der Waals surface area contributed by atoms with E-state index in [9.17, 15) is 0 Å². The van der Waals surface area contributed by atoms with E-state index in [1.807, 2.05) is 12.1 Å². The summed E-state index contributed by atoms with van der Waals surface area (Å²) in [7, 11) is 0. The number of rotatable bonds is 6. The van der Waals surface area contributed by atoms with Crippen molar-refractivity contribution in [3.05, 3.63) is 41.6 Å². The molecule has 1 aromatic heterocycles. The number of para-hydroxylation sites is 1. The molecule has 4 heteroatoms. The SMILES string of the molecule is CC[C@H](C)Nc1nc(Nc2ccccc2C)cc(C2CC2)n1. The lowest BCUT2D eigenvalue weighted by Crippen LogP contribution is -2.16. The summed E-state index contributed by atoms with van der Waals surface area (Å²) in [4.78, 5) is 9.32. The van der Waals surface area contributed by atoms with Crippen LogP contribution < -0.4 is 10.6 Å². The minimum atomic E-state index is 0.376. The van der Waals surface area contributed by atoms with E-state index in [1.165, 1.54) is 18.4 Å². The van der Waals surface area contributed by atoms with Gasteiger partial charge in [0.25, 0.3) is 0 Å². The maximum atomic E-state index is 4.69. The summed E-state index contributed by atoms with van der Waals surface area (Å²) < 4.78 is 0. The lowest BCUT2D eigenvalue weighted by Gasteiger charge is -2.15. The van der Waals surface area contributed by atoms with E-state index in [4.69, 9.17) is 0 Å². The fraction of sp³-hybridized carbons (Fsp3) is 0.444. The molecule has 0 saturated heterocycles. The van der Waals surface area contributed by atoms with Crippen molar-refractivity contribution in [3.8, 4) is 0 Å². The van der Waals surface area contributed by atoms with Gasteiger partial charge in [-0.25, -0.2) is 4.98 Å². The van der Waals surface area contributed by atoms with E-state index in [1.54, 1.807) is 0 Å². The first-order valence-electron chi connectivity index (χ1n) is 8.14. The Hall–Kier alpha value is -2.10. The quantitative estimate of drug-likeness (QED) is 0.817. The van der Waals surface area contributed by atoms with Crippen LogP contribution in [0.15, 0.2) is 30.3 Å². The Bertz CT molecular complexity index is 649. The van der Waals surface area contributed by atoms with Crippen LogP contribution in [0.4, 0.5) is 17.5 Å². The van der Waals surface area contributed by atoms with E-state index < -0.39 is 0 Å². The molecule has 1 atom stereocenters. The average Bonchev–Trinajstić information content (AvgIpc) is 3.34. The monoisotopic (exact) mass is 296 g/mol. The molecule has 1 fully saturated rings. The van der Waals surface area contributed by atoms with Crippen molar-refractivity contribution in [1.82, 2.24) is 9.97 Å². The number of nitrogens with one attached hydrogen (secondary N) is 2. The summed E-state index contributed by atoms with van der Waals surface area (Å²) in [6, 6.07) is 10.7. The number of aryl methyl sites for hydroxylation is 1. The zero-order chi connectivity index (χ0) is 15.5. The van der Waals surface area contributed by atoms with Crippen LogP contribution in [0.2, 0.25) is 0 Å². The van der Waals surface area contributed by atoms with Gasteiger partial charge in [-0.1, -0.05) is 25.1 Å². The minimum absolute atomic E-state index is 0.376. The fourth-order valence-electron chi connectivity index (χ4n) is 2.36. The van der Waals surface area contributed by atoms with Crippen LogP contribution in [-0.4, -0.2) is 16.0 Å². The third-order valence-corrected chi connectivity index (χ3v) is 4.14. The normalized spacial score (nSPS) is 15.4. The van der Waals surface area contributed by atoms with Gasteiger partial charge in [-0.15, -0.1) is 0 Å². The summed E-state index contributed by atoms with van der Waals surface area (Å²) in [6.45, 7) is 6.42. The number of benzene rings is 1. The van der Waals surface area contributed by atoms with Crippen LogP contribution in [-0.2, 0) is 0 Å². The molecule has 116 valence electrons. The molecule has 2 aromatic rings. The van der Waals surface area contributed by atoms with Crippen molar-refractivity contribution in [1.29, 1.82) is 0 Å². The van der Waals surface area contributed by atoms with E-state index in [0.29, 0.717) is 12.0 Å². The van der Waals surface area contributed by atoms with Crippen molar-refractivity contribution >= 4 is 17.5 Å². The smallest absolute Gasteiger partial charge is 0.225 e. The largest absolute Gasteiger partial charge is 0.352 e. The second kappa shape index (κ2) is 6.34. The second-order valence-electron chi connectivity index (χ2n) is 6.17. The van der Waals surface area contributed by atoms with Gasteiger partial charge in [0, 0.05) is 23.7 Å². The zero-order valence-corrected chi connectivity index (χ0v) is 13.6. The Morgan fingerprint density at radius 1 is 1.23 bits per heavy atom. The highest BCUT2D eigenvalue weighted by molar-refractivity contribution is 5.61. The lowest BCUT2D eigenvalue weighted by molar-refractivity contribution is 0.750. The standard InChI is InChI=1S/C18H24N4/c1-4-13(3)19-18-21-16(14-9-10-14)11-17(22-18)20-15-8-6-5-7-12(15)2/h5-8,11,13-14H,4,9-10H2,1-3H3,(H2,19,20,21,22)/t13-/m0/s1. The molecule has 1 aliphatic carbocycles. The molecule has 1 aromatic carbocycles. The summed E-state index contributed by atoms with van der Waals surface area (Å²) in [6.07, 6.45) is 3.53. The van der Waals surface area contributed by atoms with Gasteiger partial charge in [0.05, 0.1) is 5.69 Å². The van der Waals surface area contributed by atoms with Crippen LogP contribution in [0.5, 0.6) is 0 Å².